The average molecular weight is 422 g/mol. The van der Waals surface area contributed by atoms with Crippen LogP contribution < -0.4 is 5.32 Å². The van der Waals surface area contributed by atoms with Gasteiger partial charge in [0.05, 0.1) is 12.3 Å². The van der Waals surface area contributed by atoms with Crippen LogP contribution in [0.1, 0.15) is 54.8 Å². The Labute approximate surface area is 183 Å². The van der Waals surface area contributed by atoms with E-state index in [0.29, 0.717) is 19.0 Å². The molecule has 2 atom stereocenters. The molecule has 0 bridgehead atoms. The molecule has 0 saturated carbocycles. The molecule has 2 aromatic rings. The van der Waals surface area contributed by atoms with E-state index in [9.17, 15) is 14.7 Å². The van der Waals surface area contributed by atoms with Crippen LogP contribution in [0.25, 0.3) is 0 Å². The van der Waals surface area contributed by atoms with E-state index in [1.807, 2.05) is 35.2 Å². The van der Waals surface area contributed by atoms with Gasteiger partial charge in [0.2, 0.25) is 5.91 Å². The largest absolute Gasteiger partial charge is 0.481 e. The second-order valence-corrected chi connectivity index (χ2v) is 8.73. The molecule has 0 spiro atoms. The number of piperidine rings is 1. The number of rotatable bonds is 7. The third-order valence-corrected chi connectivity index (χ3v) is 6.47. The first-order valence-electron chi connectivity index (χ1n) is 11.4. The van der Waals surface area contributed by atoms with E-state index in [2.05, 4.69) is 17.4 Å². The van der Waals surface area contributed by atoms with E-state index >= 15 is 0 Å². The van der Waals surface area contributed by atoms with Crippen molar-refractivity contribution in [3.05, 3.63) is 59.3 Å². The minimum atomic E-state index is -0.942. The van der Waals surface area contributed by atoms with Gasteiger partial charge >= 0.3 is 5.97 Å². The van der Waals surface area contributed by atoms with Crippen LogP contribution in [0.3, 0.4) is 0 Å². The van der Waals surface area contributed by atoms with E-state index in [4.69, 9.17) is 4.98 Å². The molecule has 3 heterocycles. The number of nitrogens with zero attached hydrogens (tertiary/aromatic N) is 2. The summed E-state index contributed by atoms with van der Waals surface area (Å²) in [5.74, 6) is -0.170. The molecule has 0 radical (unpaired) electrons. The zero-order valence-electron chi connectivity index (χ0n) is 17.9. The fourth-order valence-corrected chi connectivity index (χ4v) is 4.79. The van der Waals surface area contributed by atoms with E-state index < -0.39 is 11.9 Å². The Hall–Kier alpha value is -2.89. The van der Waals surface area contributed by atoms with E-state index in [0.717, 1.165) is 62.1 Å². The fraction of sp³-hybridized carbons (Fsp3) is 0.480. The van der Waals surface area contributed by atoms with Gasteiger partial charge < -0.3 is 15.3 Å². The summed E-state index contributed by atoms with van der Waals surface area (Å²) >= 11 is 0. The van der Waals surface area contributed by atoms with Crippen molar-refractivity contribution in [1.29, 1.82) is 0 Å². The van der Waals surface area contributed by atoms with Gasteiger partial charge in [-0.3, -0.25) is 9.59 Å². The number of pyridine rings is 1. The first kappa shape index (κ1) is 21.3. The summed E-state index contributed by atoms with van der Waals surface area (Å²) in [6.07, 6.45) is 6.03. The third kappa shape index (κ3) is 5.43. The lowest BCUT2D eigenvalue weighted by atomic mass is 9.89. The molecule has 1 amide bonds. The number of carbonyl (C=O) groups is 2. The number of likely N-dealkylation sites (tertiary alicyclic amines) is 1. The standard InChI is InChI=1S/C25H31N3O3/c29-23(30)16-22(19-7-2-1-3-8-19)25(31)28-15-5-6-18(17-28)10-12-21-13-11-20-9-4-14-26-24(20)27-21/h1-3,7-8,11,13,18,22H,4-6,9-10,12,14-17H2,(H,26,27)(H,29,30)/t18?,22-/m0/s1. The molecule has 1 aromatic carbocycles. The summed E-state index contributed by atoms with van der Waals surface area (Å²) in [7, 11) is 0. The van der Waals surface area contributed by atoms with Crippen LogP contribution in [0.4, 0.5) is 5.82 Å². The maximum atomic E-state index is 13.3. The van der Waals surface area contributed by atoms with Crippen LogP contribution in [0.15, 0.2) is 42.5 Å². The van der Waals surface area contributed by atoms with Gasteiger partial charge in [0.25, 0.3) is 0 Å². The van der Waals surface area contributed by atoms with Gasteiger partial charge in [0.15, 0.2) is 0 Å². The minimum Gasteiger partial charge on any atom is -0.481 e. The van der Waals surface area contributed by atoms with E-state index in [1.165, 1.54) is 5.56 Å². The second kappa shape index (κ2) is 9.94. The van der Waals surface area contributed by atoms with Gasteiger partial charge in [-0.15, -0.1) is 0 Å². The summed E-state index contributed by atoms with van der Waals surface area (Å²) in [6.45, 7) is 2.40. The number of nitrogens with one attached hydrogen (secondary N) is 1. The molecular formula is C25H31N3O3. The summed E-state index contributed by atoms with van der Waals surface area (Å²) in [5, 5.41) is 12.8. The number of aromatic nitrogens is 1. The maximum Gasteiger partial charge on any atom is 0.304 e. The van der Waals surface area contributed by atoms with Crippen LogP contribution in [0, 0.1) is 5.92 Å². The van der Waals surface area contributed by atoms with Crippen LogP contribution in [0.5, 0.6) is 0 Å². The van der Waals surface area contributed by atoms with Gasteiger partial charge in [-0.05, 0) is 61.6 Å². The molecule has 4 rings (SSSR count). The van der Waals surface area contributed by atoms with Crippen molar-refractivity contribution < 1.29 is 14.7 Å². The number of carbonyl (C=O) groups excluding carboxylic acids is 1. The molecule has 2 aliphatic heterocycles. The summed E-state index contributed by atoms with van der Waals surface area (Å²) in [6, 6.07) is 13.6. The molecule has 1 fully saturated rings. The topological polar surface area (TPSA) is 82.5 Å². The highest BCUT2D eigenvalue weighted by Gasteiger charge is 2.31. The summed E-state index contributed by atoms with van der Waals surface area (Å²) < 4.78 is 0. The van der Waals surface area contributed by atoms with Crippen LogP contribution in [0.2, 0.25) is 0 Å². The molecule has 0 aliphatic carbocycles. The highest BCUT2D eigenvalue weighted by Crippen LogP contribution is 2.28. The Morgan fingerprint density at radius 3 is 2.81 bits per heavy atom. The summed E-state index contributed by atoms with van der Waals surface area (Å²) in [5.41, 5.74) is 3.18. The molecular weight excluding hydrogens is 390 g/mol. The van der Waals surface area contributed by atoms with Crippen molar-refractivity contribution >= 4 is 17.7 Å². The zero-order valence-corrected chi connectivity index (χ0v) is 17.9. The average Bonchev–Trinajstić information content (AvgIpc) is 2.81. The predicted octanol–water partition coefficient (Wildman–Crippen LogP) is 3.87. The number of amides is 1. The number of carboxylic acid groups (broad SMARTS) is 1. The van der Waals surface area contributed by atoms with Crippen molar-refractivity contribution in [2.45, 2.75) is 50.9 Å². The predicted molar refractivity (Wildman–Crippen MR) is 120 cm³/mol. The lowest BCUT2D eigenvalue weighted by Gasteiger charge is -2.35. The number of aryl methyl sites for hydroxylation is 2. The molecule has 1 aromatic heterocycles. The SMILES string of the molecule is O=C(O)C[C@H](C(=O)N1CCCC(CCc2ccc3c(n2)NCCC3)C1)c1ccccc1. The van der Waals surface area contributed by atoms with Crippen molar-refractivity contribution in [3.63, 3.8) is 0 Å². The lowest BCUT2D eigenvalue weighted by Crippen LogP contribution is -2.43. The third-order valence-electron chi connectivity index (χ3n) is 6.47. The smallest absolute Gasteiger partial charge is 0.304 e. The van der Waals surface area contributed by atoms with E-state index in [-0.39, 0.29) is 12.3 Å². The molecule has 31 heavy (non-hydrogen) atoms. The Balaban J connectivity index is 1.38. The highest BCUT2D eigenvalue weighted by atomic mass is 16.4. The maximum absolute atomic E-state index is 13.3. The van der Waals surface area contributed by atoms with Crippen molar-refractivity contribution in [3.8, 4) is 0 Å². The lowest BCUT2D eigenvalue weighted by molar-refractivity contribution is -0.143. The fourth-order valence-electron chi connectivity index (χ4n) is 4.79. The number of hydrogen-bond donors (Lipinski definition) is 2. The van der Waals surface area contributed by atoms with Crippen molar-refractivity contribution in [2.75, 3.05) is 25.0 Å². The molecule has 2 aliphatic rings. The van der Waals surface area contributed by atoms with Gasteiger partial charge in [0, 0.05) is 25.3 Å². The highest BCUT2D eigenvalue weighted by molar-refractivity contribution is 5.88. The zero-order chi connectivity index (χ0) is 21.6. The number of benzene rings is 1. The van der Waals surface area contributed by atoms with Gasteiger partial charge in [-0.25, -0.2) is 4.98 Å². The molecule has 164 valence electrons. The molecule has 1 unspecified atom stereocenters. The van der Waals surface area contributed by atoms with Gasteiger partial charge in [0.1, 0.15) is 5.82 Å². The Kier molecular flexibility index (Phi) is 6.85. The molecule has 6 heteroatoms. The van der Waals surface area contributed by atoms with Gasteiger partial charge in [-0.2, -0.15) is 0 Å². The van der Waals surface area contributed by atoms with Crippen molar-refractivity contribution in [1.82, 2.24) is 9.88 Å². The van der Waals surface area contributed by atoms with Crippen molar-refractivity contribution in [2.24, 2.45) is 5.92 Å². The number of hydrogen-bond acceptors (Lipinski definition) is 4. The normalized spacial score (nSPS) is 19.2. The second-order valence-electron chi connectivity index (χ2n) is 8.73. The number of fused-ring (bicyclic) bond motifs is 1. The Morgan fingerprint density at radius 1 is 1.16 bits per heavy atom. The van der Waals surface area contributed by atoms with Gasteiger partial charge in [-0.1, -0.05) is 36.4 Å². The number of carboxylic acids is 1. The minimum absolute atomic E-state index is 0.0607. The number of aliphatic carboxylic acids is 1. The molecule has 6 nitrogen and oxygen atoms in total. The Bertz CT molecular complexity index is 915. The monoisotopic (exact) mass is 421 g/mol. The molecule has 1 saturated heterocycles. The first-order chi connectivity index (χ1) is 15.1. The van der Waals surface area contributed by atoms with E-state index in [1.54, 1.807) is 0 Å². The quantitative estimate of drug-likeness (QED) is 0.709. The summed E-state index contributed by atoms with van der Waals surface area (Å²) in [4.78, 5) is 31.4. The van der Waals surface area contributed by atoms with Crippen LogP contribution >= 0.6 is 0 Å². The molecule has 2 N–H and O–H groups in total. The first-order valence-corrected chi connectivity index (χ1v) is 11.4. The van der Waals surface area contributed by atoms with Crippen LogP contribution in [-0.2, 0) is 22.4 Å². The van der Waals surface area contributed by atoms with Crippen LogP contribution in [-0.4, -0.2) is 46.5 Å². The number of anilines is 1. The Morgan fingerprint density at radius 2 is 2.00 bits per heavy atom.